The summed E-state index contributed by atoms with van der Waals surface area (Å²) in [6.07, 6.45) is 6.69. The molecule has 0 radical (unpaired) electrons. The molecule has 4 rings (SSSR count). The Hall–Kier alpha value is -2.35. The molecular weight excluding hydrogens is 312 g/mol. The molecule has 1 aliphatic carbocycles. The average molecular weight is 332 g/mol. The van der Waals surface area contributed by atoms with Crippen molar-refractivity contribution in [2.24, 2.45) is 0 Å². The summed E-state index contributed by atoms with van der Waals surface area (Å²) in [6, 6.07) is -0.230. The maximum absolute atomic E-state index is 12.5. The molecule has 8 heteroatoms. The maximum atomic E-state index is 12.5. The second kappa shape index (κ2) is 6.27. The van der Waals surface area contributed by atoms with Crippen LogP contribution < -0.4 is 10.1 Å². The van der Waals surface area contributed by atoms with E-state index < -0.39 is 0 Å². The van der Waals surface area contributed by atoms with Crippen molar-refractivity contribution in [1.82, 2.24) is 20.1 Å². The molecule has 1 N–H and O–H groups in total. The van der Waals surface area contributed by atoms with Gasteiger partial charge in [0, 0.05) is 12.5 Å². The Labute approximate surface area is 139 Å². The number of carbonyl (C=O) groups is 1. The minimum Gasteiger partial charge on any atom is -0.482 e. The molecule has 3 heterocycles. The van der Waals surface area contributed by atoms with Gasteiger partial charge in [-0.15, -0.1) is 0 Å². The van der Waals surface area contributed by atoms with Crippen LogP contribution in [0.4, 0.5) is 0 Å². The van der Waals surface area contributed by atoms with Crippen molar-refractivity contribution in [2.75, 3.05) is 13.2 Å². The van der Waals surface area contributed by atoms with Gasteiger partial charge in [0.25, 0.3) is 5.91 Å². The lowest BCUT2D eigenvalue weighted by Gasteiger charge is -2.19. The number of rotatable bonds is 6. The lowest BCUT2D eigenvalue weighted by Crippen LogP contribution is -2.45. The normalized spacial score (nSPS) is 23.4. The SMILES string of the molecule is CCn1cc(O[C@@H]2COC[C@@H]2NC(=O)c2ncoc2C2CC2)cn1. The predicted molar refractivity (Wildman–Crippen MR) is 82.9 cm³/mol. The molecule has 128 valence electrons. The molecule has 2 fully saturated rings. The lowest BCUT2D eigenvalue weighted by molar-refractivity contribution is 0.0897. The van der Waals surface area contributed by atoms with Gasteiger partial charge in [-0.2, -0.15) is 5.10 Å². The average Bonchev–Trinajstić information content (AvgIpc) is 3.01. The Morgan fingerprint density at radius 1 is 1.46 bits per heavy atom. The molecule has 0 aromatic carbocycles. The van der Waals surface area contributed by atoms with Crippen LogP contribution in [-0.2, 0) is 11.3 Å². The Bertz CT molecular complexity index is 721. The molecule has 0 spiro atoms. The van der Waals surface area contributed by atoms with Crippen molar-refractivity contribution in [3.63, 3.8) is 0 Å². The highest BCUT2D eigenvalue weighted by Crippen LogP contribution is 2.41. The molecule has 1 saturated heterocycles. The van der Waals surface area contributed by atoms with Gasteiger partial charge in [0.2, 0.25) is 0 Å². The molecule has 1 saturated carbocycles. The van der Waals surface area contributed by atoms with Crippen molar-refractivity contribution >= 4 is 5.91 Å². The first kappa shape index (κ1) is 15.2. The molecule has 2 aliphatic rings. The van der Waals surface area contributed by atoms with E-state index in [-0.39, 0.29) is 18.1 Å². The topological polar surface area (TPSA) is 91.4 Å². The number of oxazole rings is 1. The molecule has 2 aromatic heterocycles. The zero-order valence-corrected chi connectivity index (χ0v) is 13.5. The number of nitrogens with one attached hydrogen (secondary N) is 1. The maximum Gasteiger partial charge on any atom is 0.273 e. The molecule has 2 aromatic rings. The predicted octanol–water partition coefficient (Wildman–Crippen LogP) is 1.34. The van der Waals surface area contributed by atoms with Gasteiger partial charge in [-0.3, -0.25) is 9.48 Å². The first-order valence-corrected chi connectivity index (χ1v) is 8.25. The van der Waals surface area contributed by atoms with E-state index in [9.17, 15) is 4.79 Å². The first-order valence-electron chi connectivity index (χ1n) is 8.25. The standard InChI is InChI=1S/C16H20N4O4/c1-2-20-6-11(5-18-20)24-13-8-22-7-12(13)19-16(21)14-15(10-3-4-10)23-9-17-14/h5-6,9-10,12-13H,2-4,7-8H2,1H3,(H,19,21)/t12-,13+/m0/s1. The van der Waals surface area contributed by atoms with Gasteiger partial charge >= 0.3 is 0 Å². The van der Waals surface area contributed by atoms with Gasteiger partial charge in [0.15, 0.2) is 17.8 Å². The summed E-state index contributed by atoms with van der Waals surface area (Å²) < 4.78 is 18.5. The van der Waals surface area contributed by atoms with Crippen molar-refractivity contribution in [1.29, 1.82) is 0 Å². The molecule has 0 bridgehead atoms. The minimum absolute atomic E-state index is 0.230. The van der Waals surface area contributed by atoms with Crippen LogP contribution in [-0.4, -0.2) is 46.0 Å². The van der Waals surface area contributed by atoms with E-state index in [1.165, 1.54) is 6.39 Å². The highest BCUT2D eigenvalue weighted by atomic mass is 16.5. The van der Waals surface area contributed by atoms with Crippen LogP contribution >= 0.6 is 0 Å². The van der Waals surface area contributed by atoms with Crippen LogP contribution in [0, 0.1) is 0 Å². The number of aromatic nitrogens is 3. The van der Waals surface area contributed by atoms with Crippen LogP contribution in [0.1, 0.15) is 41.9 Å². The number of nitrogens with zero attached hydrogens (tertiary/aromatic N) is 3. The molecule has 24 heavy (non-hydrogen) atoms. The fourth-order valence-corrected chi connectivity index (χ4v) is 2.84. The number of hydrogen-bond donors (Lipinski definition) is 1. The highest BCUT2D eigenvalue weighted by Gasteiger charge is 2.36. The van der Waals surface area contributed by atoms with Crippen molar-refractivity contribution in [2.45, 2.75) is 44.4 Å². The van der Waals surface area contributed by atoms with Crippen LogP contribution in [0.3, 0.4) is 0 Å². The third kappa shape index (κ3) is 3.01. The summed E-state index contributed by atoms with van der Waals surface area (Å²) in [5.41, 5.74) is 0.377. The second-order valence-corrected chi connectivity index (χ2v) is 6.14. The zero-order valence-electron chi connectivity index (χ0n) is 13.5. The van der Waals surface area contributed by atoms with Crippen molar-refractivity contribution in [3.8, 4) is 5.75 Å². The van der Waals surface area contributed by atoms with Gasteiger partial charge in [0.1, 0.15) is 11.9 Å². The highest BCUT2D eigenvalue weighted by molar-refractivity contribution is 5.93. The van der Waals surface area contributed by atoms with E-state index in [0.29, 0.717) is 36.3 Å². The Kier molecular flexibility index (Phi) is 3.97. The largest absolute Gasteiger partial charge is 0.482 e. The van der Waals surface area contributed by atoms with Gasteiger partial charge < -0.3 is 19.2 Å². The number of aryl methyl sites for hydroxylation is 1. The van der Waals surface area contributed by atoms with Gasteiger partial charge in [0.05, 0.1) is 31.6 Å². The van der Waals surface area contributed by atoms with Crippen molar-refractivity contribution in [3.05, 3.63) is 30.2 Å². The van der Waals surface area contributed by atoms with Gasteiger partial charge in [-0.1, -0.05) is 0 Å². The van der Waals surface area contributed by atoms with E-state index in [2.05, 4.69) is 15.4 Å². The van der Waals surface area contributed by atoms with Crippen LogP contribution in [0.15, 0.2) is 23.2 Å². The van der Waals surface area contributed by atoms with E-state index in [1.807, 2.05) is 13.1 Å². The third-order valence-electron chi connectivity index (χ3n) is 4.32. The first-order chi connectivity index (χ1) is 11.7. The number of hydrogen-bond acceptors (Lipinski definition) is 6. The molecular formula is C16H20N4O4. The minimum atomic E-state index is -0.250. The summed E-state index contributed by atoms with van der Waals surface area (Å²) in [6.45, 7) is 3.63. The quantitative estimate of drug-likeness (QED) is 0.858. The summed E-state index contributed by atoms with van der Waals surface area (Å²) in [5, 5.41) is 7.14. The monoisotopic (exact) mass is 332 g/mol. The Balaban J connectivity index is 1.41. The van der Waals surface area contributed by atoms with Crippen LogP contribution in [0.25, 0.3) is 0 Å². The van der Waals surface area contributed by atoms with Crippen molar-refractivity contribution < 1.29 is 18.7 Å². The number of carbonyl (C=O) groups excluding carboxylic acids is 1. The summed E-state index contributed by atoms with van der Waals surface area (Å²) in [4.78, 5) is 16.6. The van der Waals surface area contributed by atoms with E-state index >= 15 is 0 Å². The Morgan fingerprint density at radius 3 is 3.08 bits per heavy atom. The molecule has 1 amide bonds. The number of ether oxygens (including phenoxy) is 2. The van der Waals surface area contributed by atoms with Crippen LogP contribution in [0.5, 0.6) is 5.75 Å². The van der Waals surface area contributed by atoms with Gasteiger partial charge in [-0.05, 0) is 19.8 Å². The van der Waals surface area contributed by atoms with Gasteiger partial charge in [-0.25, -0.2) is 4.98 Å². The fourth-order valence-electron chi connectivity index (χ4n) is 2.84. The number of amides is 1. The third-order valence-corrected chi connectivity index (χ3v) is 4.32. The molecule has 1 aliphatic heterocycles. The molecule has 2 atom stereocenters. The summed E-state index contributed by atoms with van der Waals surface area (Å²) in [5.74, 6) is 1.46. The van der Waals surface area contributed by atoms with E-state index in [0.717, 1.165) is 19.4 Å². The zero-order chi connectivity index (χ0) is 16.5. The van der Waals surface area contributed by atoms with E-state index in [1.54, 1.807) is 10.9 Å². The van der Waals surface area contributed by atoms with E-state index in [4.69, 9.17) is 13.9 Å². The summed E-state index contributed by atoms with van der Waals surface area (Å²) in [7, 11) is 0. The Morgan fingerprint density at radius 2 is 2.33 bits per heavy atom. The molecule has 0 unspecified atom stereocenters. The lowest BCUT2D eigenvalue weighted by atomic mass is 10.2. The molecule has 8 nitrogen and oxygen atoms in total. The second-order valence-electron chi connectivity index (χ2n) is 6.14. The van der Waals surface area contributed by atoms with Crippen LogP contribution in [0.2, 0.25) is 0 Å². The fraction of sp³-hybridized carbons (Fsp3) is 0.562. The summed E-state index contributed by atoms with van der Waals surface area (Å²) >= 11 is 0. The smallest absolute Gasteiger partial charge is 0.273 e.